The highest BCUT2D eigenvalue weighted by Crippen LogP contribution is 2.36. The second kappa shape index (κ2) is 11.3. The molecule has 2 aromatic carbocycles. The van der Waals surface area contributed by atoms with Crippen molar-refractivity contribution in [1.82, 2.24) is 14.8 Å². The Morgan fingerprint density at radius 3 is 2.34 bits per heavy atom. The Balaban J connectivity index is 1.17. The molecule has 2 saturated heterocycles. The minimum Gasteiger partial charge on any atom is -0.480 e. The standard InChI is InChI=1S/C29H30ClF2N3O3/c30-21-2-3-24-25(17-33-26(24)15-21)19-5-11-35(12-6-19)28(29(37)38)20-7-9-34(10-8-20)27(36)4-1-18-13-22(31)16-23(32)14-18/h1-4,13-17,19-20,28,33H,5-12H2,(H,37,38). The smallest absolute Gasteiger partial charge is 0.321 e. The van der Waals surface area contributed by atoms with Gasteiger partial charge in [0.25, 0.3) is 0 Å². The Kier molecular flexibility index (Phi) is 7.81. The molecule has 2 fully saturated rings. The third-order valence-electron chi connectivity index (χ3n) is 7.89. The van der Waals surface area contributed by atoms with E-state index >= 15 is 0 Å². The van der Waals surface area contributed by atoms with Gasteiger partial charge in [-0.05, 0) is 92.1 Å². The van der Waals surface area contributed by atoms with Gasteiger partial charge >= 0.3 is 5.97 Å². The van der Waals surface area contributed by atoms with Crippen LogP contribution < -0.4 is 0 Å². The first-order valence-electron chi connectivity index (χ1n) is 12.9. The Morgan fingerprint density at radius 2 is 1.68 bits per heavy atom. The van der Waals surface area contributed by atoms with Crippen molar-refractivity contribution in [3.05, 3.63) is 76.5 Å². The number of hydrogen-bond acceptors (Lipinski definition) is 3. The third kappa shape index (κ3) is 5.76. The monoisotopic (exact) mass is 541 g/mol. The number of hydrogen-bond donors (Lipinski definition) is 2. The number of carboxylic acids is 1. The van der Waals surface area contributed by atoms with Gasteiger partial charge in [-0.3, -0.25) is 14.5 Å². The topological polar surface area (TPSA) is 76.6 Å². The quantitative estimate of drug-likeness (QED) is 0.393. The summed E-state index contributed by atoms with van der Waals surface area (Å²) in [6, 6.07) is 8.37. The van der Waals surface area contributed by atoms with Crippen molar-refractivity contribution in [2.45, 2.75) is 37.6 Å². The Labute approximate surface area is 224 Å². The summed E-state index contributed by atoms with van der Waals surface area (Å²) in [5.41, 5.74) is 2.54. The number of aromatic amines is 1. The lowest BCUT2D eigenvalue weighted by atomic mass is 9.84. The summed E-state index contributed by atoms with van der Waals surface area (Å²) in [6.07, 6.45) is 7.69. The molecule has 5 rings (SSSR count). The molecule has 3 heterocycles. The highest BCUT2D eigenvalue weighted by molar-refractivity contribution is 6.31. The Morgan fingerprint density at radius 1 is 1.00 bits per heavy atom. The summed E-state index contributed by atoms with van der Waals surface area (Å²) in [5, 5.41) is 12.0. The van der Waals surface area contributed by atoms with Crippen LogP contribution in [0.1, 0.15) is 42.7 Å². The van der Waals surface area contributed by atoms with E-state index in [2.05, 4.69) is 9.88 Å². The maximum absolute atomic E-state index is 13.4. The number of nitrogens with one attached hydrogen (secondary N) is 1. The molecule has 200 valence electrons. The number of piperidine rings is 2. The number of carboxylic acid groups (broad SMARTS) is 1. The van der Waals surface area contributed by atoms with Gasteiger partial charge in [-0.2, -0.15) is 0 Å². The van der Waals surface area contributed by atoms with Gasteiger partial charge in [-0.15, -0.1) is 0 Å². The fourth-order valence-corrected chi connectivity index (χ4v) is 6.16. The number of likely N-dealkylation sites (tertiary alicyclic amines) is 2. The molecule has 2 aliphatic rings. The van der Waals surface area contributed by atoms with Crippen LogP contribution in [0.15, 0.2) is 48.7 Å². The van der Waals surface area contributed by atoms with Crippen LogP contribution in [-0.2, 0) is 9.59 Å². The summed E-state index contributed by atoms with van der Waals surface area (Å²) >= 11 is 6.12. The number of rotatable bonds is 6. The predicted octanol–water partition coefficient (Wildman–Crippen LogP) is 5.68. The maximum atomic E-state index is 13.4. The van der Waals surface area contributed by atoms with Gasteiger partial charge in [0.15, 0.2) is 0 Å². The summed E-state index contributed by atoms with van der Waals surface area (Å²) in [4.78, 5) is 32.0. The summed E-state index contributed by atoms with van der Waals surface area (Å²) in [5.74, 6) is -2.16. The van der Waals surface area contributed by atoms with Crippen molar-refractivity contribution in [3.8, 4) is 0 Å². The zero-order chi connectivity index (χ0) is 26.8. The van der Waals surface area contributed by atoms with E-state index in [1.54, 1.807) is 4.90 Å². The van der Waals surface area contributed by atoms with E-state index in [9.17, 15) is 23.5 Å². The van der Waals surface area contributed by atoms with E-state index in [4.69, 9.17) is 11.6 Å². The third-order valence-corrected chi connectivity index (χ3v) is 8.13. The van der Waals surface area contributed by atoms with Gasteiger partial charge < -0.3 is 15.0 Å². The van der Waals surface area contributed by atoms with E-state index < -0.39 is 23.6 Å². The van der Waals surface area contributed by atoms with Crippen LogP contribution in [0.5, 0.6) is 0 Å². The zero-order valence-corrected chi connectivity index (χ0v) is 21.6. The lowest BCUT2D eigenvalue weighted by molar-refractivity contribution is -0.147. The number of amides is 1. The number of benzene rings is 2. The van der Waals surface area contributed by atoms with Crippen LogP contribution in [0.2, 0.25) is 5.02 Å². The molecule has 3 aromatic rings. The number of aliphatic carboxylic acids is 1. The lowest BCUT2D eigenvalue weighted by Crippen LogP contribution is -2.52. The van der Waals surface area contributed by atoms with Crippen LogP contribution >= 0.6 is 11.6 Å². The molecule has 1 atom stereocenters. The molecule has 2 N–H and O–H groups in total. The molecule has 0 bridgehead atoms. The number of carbonyl (C=O) groups is 2. The largest absolute Gasteiger partial charge is 0.480 e. The number of carbonyl (C=O) groups excluding carboxylic acids is 1. The highest BCUT2D eigenvalue weighted by atomic mass is 35.5. The Hall–Kier alpha value is -3.23. The molecule has 0 spiro atoms. The fourth-order valence-electron chi connectivity index (χ4n) is 5.98. The predicted molar refractivity (Wildman–Crippen MR) is 143 cm³/mol. The van der Waals surface area contributed by atoms with E-state index in [0.29, 0.717) is 50.0 Å². The molecule has 1 aromatic heterocycles. The van der Waals surface area contributed by atoms with Gasteiger partial charge in [0.1, 0.15) is 17.7 Å². The van der Waals surface area contributed by atoms with Crippen molar-refractivity contribution < 1.29 is 23.5 Å². The fraction of sp³-hybridized carbons (Fsp3) is 0.379. The van der Waals surface area contributed by atoms with Crippen LogP contribution in [-0.4, -0.2) is 64.0 Å². The minimum atomic E-state index is -0.817. The molecular weight excluding hydrogens is 512 g/mol. The van der Waals surface area contributed by atoms with Gasteiger partial charge in [-0.25, -0.2) is 8.78 Å². The summed E-state index contributed by atoms with van der Waals surface area (Å²) in [6.45, 7) is 2.30. The van der Waals surface area contributed by atoms with Crippen LogP contribution in [0.3, 0.4) is 0 Å². The first-order valence-corrected chi connectivity index (χ1v) is 13.3. The molecule has 2 aliphatic heterocycles. The van der Waals surface area contributed by atoms with Gasteiger partial charge in [0, 0.05) is 47.4 Å². The maximum Gasteiger partial charge on any atom is 0.321 e. The van der Waals surface area contributed by atoms with Crippen molar-refractivity contribution in [2.24, 2.45) is 5.92 Å². The zero-order valence-electron chi connectivity index (χ0n) is 20.9. The van der Waals surface area contributed by atoms with Gasteiger partial charge in [0.05, 0.1) is 0 Å². The van der Waals surface area contributed by atoms with E-state index in [1.165, 1.54) is 17.7 Å². The SMILES string of the molecule is O=C(O)C(C1CCN(C(=O)C=Cc2cc(F)cc(F)c2)CC1)N1CCC(c2c[nH]c3cc(Cl)ccc23)CC1. The van der Waals surface area contributed by atoms with E-state index in [1.807, 2.05) is 24.4 Å². The molecule has 0 aliphatic carbocycles. The number of H-pyrrole nitrogens is 1. The molecule has 1 unspecified atom stereocenters. The van der Waals surface area contributed by atoms with Crippen molar-refractivity contribution in [1.29, 1.82) is 0 Å². The van der Waals surface area contributed by atoms with Crippen molar-refractivity contribution >= 4 is 40.5 Å². The number of fused-ring (bicyclic) bond motifs is 1. The molecule has 9 heteroatoms. The molecule has 0 radical (unpaired) electrons. The first kappa shape index (κ1) is 26.4. The van der Waals surface area contributed by atoms with E-state index in [0.717, 1.165) is 41.9 Å². The first-order chi connectivity index (χ1) is 18.3. The van der Waals surface area contributed by atoms with Gasteiger partial charge in [-0.1, -0.05) is 17.7 Å². The summed E-state index contributed by atoms with van der Waals surface area (Å²) < 4.78 is 26.8. The van der Waals surface area contributed by atoms with Crippen LogP contribution in [0.25, 0.3) is 17.0 Å². The highest BCUT2D eigenvalue weighted by Gasteiger charge is 2.38. The van der Waals surface area contributed by atoms with Gasteiger partial charge in [0.2, 0.25) is 5.91 Å². The van der Waals surface area contributed by atoms with Crippen molar-refractivity contribution in [3.63, 3.8) is 0 Å². The molecule has 1 amide bonds. The molecule has 38 heavy (non-hydrogen) atoms. The van der Waals surface area contributed by atoms with Crippen molar-refractivity contribution in [2.75, 3.05) is 26.2 Å². The van der Waals surface area contributed by atoms with E-state index in [-0.39, 0.29) is 17.4 Å². The molecule has 6 nitrogen and oxygen atoms in total. The average Bonchev–Trinajstić information content (AvgIpc) is 3.30. The molecule has 0 saturated carbocycles. The summed E-state index contributed by atoms with van der Waals surface area (Å²) in [7, 11) is 0. The van der Waals surface area contributed by atoms with Crippen LogP contribution in [0, 0.1) is 17.6 Å². The minimum absolute atomic E-state index is 0.0513. The second-order valence-corrected chi connectivity index (χ2v) is 10.7. The number of aromatic nitrogens is 1. The Bertz CT molecular complexity index is 1340. The molecular formula is C29H30ClF2N3O3. The average molecular weight is 542 g/mol. The number of nitrogens with zero attached hydrogens (tertiary/aromatic N) is 2. The second-order valence-electron chi connectivity index (χ2n) is 10.2. The lowest BCUT2D eigenvalue weighted by Gasteiger charge is -2.41. The van der Waals surface area contributed by atoms with Crippen LogP contribution in [0.4, 0.5) is 8.78 Å². The number of halogens is 3. The normalized spacial score (nSPS) is 18.9.